The van der Waals surface area contributed by atoms with E-state index in [4.69, 9.17) is 4.42 Å². The lowest BCUT2D eigenvalue weighted by molar-refractivity contribution is 0.595. The van der Waals surface area contributed by atoms with Crippen LogP contribution < -0.4 is 4.90 Å². The molecule has 8 aromatic carbocycles. The molecule has 3 nitrogen and oxygen atoms in total. The third kappa shape index (κ3) is 5.50. The van der Waals surface area contributed by atoms with Gasteiger partial charge in [-0.15, -0.1) is 0 Å². The molecule has 0 saturated carbocycles. The Morgan fingerprint density at radius 3 is 1.76 bits per heavy atom. The van der Waals surface area contributed by atoms with Gasteiger partial charge in [0.15, 0.2) is 0 Å². The Kier molecular flexibility index (Phi) is 7.80. The second kappa shape index (κ2) is 13.6. The van der Waals surface area contributed by atoms with Crippen LogP contribution in [0.1, 0.15) is 35.3 Å². The van der Waals surface area contributed by atoms with Crippen LogP contribution >= 0.6 is 0 Å². The highest BCUT2D eigenvalue weighted by molar-refractivity contribution is 6.24. The van der Waals surface area contributed by atoms with Crippen molar-refractivity contribution in [1.29, 1.82) is 0 Å². The Morgan fingerprint density at radius 2 is 1.03 bits per heavy atom. The molecule has 0 unspecified atom stereocenters. The van der Waals surface area contributed by atoms with E-state index in [9.17, 15) is 0 Å². The number of fused-ring (bicyclic) bond motifs is 11. The van der Waals surface area contributed by atoms with Gasteiger partial charge in [-0.2, -0.15) is 0 Å². The number of furan rings is 1. The standard InChI is InChI=1S/C56H40N2O/c1-2-12-37(13-3-1)38-22-28-41(29-23-38)57(44-34-35-54-51(36-44)47-16-9-11-21-53(47)59-54)42-30-24-39(25-31-42)40-26-32-43(33-27-40)58-52-20-10-8-19-50(52)55-48-17-6-4-14-45(48)46-15-5-7-18-49(46)56(55)58/h1-4,6-8,10-14,17-36H,5,9,15-16H2. The van der Waals surface area contributed by atoms with Crippen LogP contribution in [0.2, 0.25) is 0 Å². The Balaban J connectivity index is 0.938. The van der Waals surface area contributed by atoms with E-state index in [-0.39, 0.29) is 0 Å². The van der Waals surface area contributed by atoms with Gasteiger partial charge >= 0.3 is 0 Å². The highest BCUT2D eigenvalue weighted by atomic mass is 16.3. The fraction of sp³-hybridized carbons (Fsp3) is 0.0714. The maximum Gasteiger partial charge on any atom is 0.135 e. The average molecular weight is 757 g/mol. The van der Waals surface area contributed by atoms with Crippen LogP contribution in [0, 0.1) is 0 Å². The molecule has 3 heteroatoms. The van der Waals surface area contributed by atoms with E-state index in [1.165, 1.54) is 82.6 Å². The van der Waals surface area contributed by atoms with Gasteiger partial charge in [0.1, 0.15) is 11.3 Å². The highest BCUT2D eigenvalue weighted by Gasteiger charge is 2.23. The third-order valence-electron chi connectivity index (χ3n) is 12.5. The number of hydrogen-bond acceptors (Lipinski definition) is 2. The summed E-state index contributed by atoms with van der Waals surface area (Å²) in [6, 6.07) is 62.1. The molecule has 10 aromatic rings. The fourth-order valence-electron chi connectivity index (χ4n) is 9.76. The van der Waals surface area contributed by atoms with Gasteiger partial charge in [0.05, 0.1) is 11.0 Å². The lowest BCUT2D eigenvalue weighted by Gasteiger charge is -2.26. The molecular weight excluding hydrogens is 717 g/mol. The molecule has 2 aliphatic carbocycles. The zero-order chi connectivity index (χ0) is 38.9. The Morgan fingerprint density at radius 1 is 0.458 bits per heavy atom. The van der Waals surface area contributed by atoms with Gasteiger partial charge in [-0.05, 0) is 131 Å². The topological polar surface area (TPSA) is 21.3 Å². The summed E-state index contributed by atoms with van der Waals surface area (Å²) in [4.78, 5) is 2.36. The van der Waals surface area contributed by atoms with Crippen molar-refractivity contribution in [1.82, 2.24) is 4.57 Å². The highest BCUT2D eigenvalue weighted by Crippen LogP contribution is 2.44. The van der Waals surface area contributed by atoms with Crippen molar-refractivity contribution in [3.63, 3.8) is 0 Å². The molecule has 2 aromatic heterocycles. The van der Waals surface area contributed by atoms with Crippen molar-refractivity contribution in [2.75, 3.05) is 4.90 Å². The first-order valence-corrected chi connectivity index (χ1v) is 20.8. The van der Waals surface area contributed by atoms with E-state index >= 15 is 0 Å². The molecule has 0 aliphatic heterocycles. The van der Waals surface area contributed by atoms with Crippen LogP contribution in [0.5, 0.6) is 0 Å². The van der Waals surface area contributed by atoms with Crippen LogP contribution in [0.25, 0.3) is 83.6 Å². The van der Waals surface area contributed by atoms with Gasteiger partial charge in [-0.3, -0.25) is 0 Å². The van der Waals surface area contributed by atoms with Gasteiger partial charge in [0, 0.05) is 50.0 Å². The first-order chi connectivity index (χ1) is 29.3. The number of allylic oxidation sites excluding steroid dienone is 2. The smallest absolute Gasteiger partial charge is 0.135 e. The zero-order valence-electron chi connectivity index (χ0n) is 32.6. The molecule has 59 heavy (non-hydrogen) atoms. The SMILES string of the molecule is C1=Cc2oc3ccc(N(c4ccc(-c5ccccc5)cc4)c4ccc(-c5ccc(-n6c7ccccc7c7c8ccccc8c8c(c76)C=CCC8)cc5)cc4)cc3c2CC1. The molecule has 12 rings (SSSR count). The van der Waals surface area contributed by atoms with Gasteiger partial charge in [-0.25, -0.2) is 0 Å². The number of aromatic nitrogens is 1. The van der Waals surface area contributed by atoms with Crippen molar-refractivity contribution < 1.29 is 4.42 Å². The predicted molar refractivity (Wildman–Crippen MR) is 248 cm³/mol. The van der Waals surface area contributed by atoms with Crippen molar-refractivity contribution in [3.8, 4) is 27.9 Å². The van der Waals surface area contributed by atoms with E-state index in [0.29, 0.717) is 0 Å². The molecule has 2 heterocycles. The van der Waals surface area contributed by atoms with Crippen molar-refractivity contribution in [2.24, 2.45) is 0 Å². The normalized spacial score (nSPS) is 13.4. The first-order valence-electron chi connectivity index (χ1n) is 20.8. The zero-order valence-corrected chi connectivity index (χ0v) is 32.6. The van der Waals surface area contributed by atoms with Crippen LogP contribution in [0.4, 0.5) is 17.1 Å². The third-order valence-corrected chi connectivity index (χ3v) is 12.5. The number of nitrogens with zero attached hydrogens (tertiary/aromatic N) is 2. The molecule has 0 fully saturated rings. The Bertz CT molecular complexity index is 3290. The Labute approximate surface area is 343 Å². The van der Waals surface area contributed by atoms with Gasteiger partial charge in [0.2, 0.25) is 0 Å². The predicted octanol–water partition coefficient (Wildman–Crippen LogP) is 15.4. The molecular formula is C56H40N2O. The molecule has 2 aliphatic rings. The molecule has 0 radical (unpaired) electrons. The molecule has 280 valence electrons. The van der Waals surface area contributed by atoms with Crippen LogP contribution in [-0.2, 0) is 12.8 Å². The number of anilines is 3. The average Bonchev–Trinajstić information content (AvgIpc) is 3.86. The molecule has 0 bridgehead atoms. The van der Waals surface area contributed by atoms with E-state index in [0.717, 1.165) is 54.1 Å². The second-order valence-corrected chi connectivity index (χ2v) is 15.9. The summed E-state index contributed by atoms with van der Waals surface area (Å²) in [6.07, 6.45) is 13.2. The van der Waals surface area contributed by atoms with E-state index in [1.54, 1.807) is 0 Å². The lowest BCUT2D eigenvalue weighted by atomic mass is 9.89. The van der Waals surface area contributed by atoms with E-state index < -0.39 is 0 Å². The quantitative estimate of drug-likeness (QED) is 0.168. The van der Waals surface area contributed by atoms with Crippen molar-refractivity contribution >= 4 is 72.8 Å². The minimum atomic E-state index is 0.939. The number of para-hydroxylation sites is 1. The summed E-state index contributed by atoms with van der Waals surface area (Å²) in [5.41, 5.74) is 16.8. The number of rotatable bonds is 6. The summed E-state index contributed by atoms with van der Waals surface area (Å²) >= 11 is 0. The minimum Gasteiger partial charge on any atom is -0.456 e. The van der Waals surface area contributed by atoms with Crippen molar-refractivity contribution in [3.05, 3.63) is 204 Å². The van der Waals surface area contributed by atoms with Crippen LogP contribution in [-0.4, -0.2) is 4.57 Å². The lowest BCUT2D eigenvalue weighted by Crippen LogP contribution is -2.10. The fourth-order valence-corrected chi connectivity index (χ4v) is 9.76. The summed E-state index contributed by atoms with van der Waals surface area (Å²) in [6.45, 7) is 0. The summed E-state index contributed by atoms with van der Waals surface area (Å²) in [7, 11) is 0. The summed E-state index contributed by atoms with van der Waals surface area (Å²) < 4.78 is 8.76. The monoisotopic (exact) mass is 756 g/mol. The molecule has 0 N–H and O–H groups in total. The maximum absolute atomic E-state index is 6.27. The number of hydrogen-bond donors (Lipinski definition) is 0. The van der Waals surface area contributed by atoms with E-state index in [2.05, 4.69) is 204 Å². The summed E-state index contributed by atoms with van der Waals surface area (Å²) in [5.74, 6) is 0.986. The van der Waals surface area contributed by atoms with Crippen LogP contribution in [0.15, 0.2) is 186 Å². The molecule has 0 spiro atoms. The van der Waals surface area contributed by atoms with Gasteiger partial charge in [0.25, 0.3) is 0 Å². The van der Waals surface area contributed by atoms with E-state index in [1.807, 2.05) is 0 Å². The summed E-state index contributed by atoms with van der Waals surface area (Å²) in [5, 5.41) is 6.54. The van der Waals surface area contributed by atoms with Crippen LogP contribution in [0.3, 0.4) is 0 Å². The maximum atomic E-state index is 6.27. The number of benzene rings is 8. The van der Waals surface area contributed by atoms with Gasteiger partial charge in [-0.1, -0.05) is 127 Å². The number of aryl methyl sites for hydroxylation is 2. The minimum absolute atomic E-state index is 0.939. The Hall–Kier alpha value is -7.36. The second-order valence-electron chi connectivity index (χ2n) is 15.9. The molecule has 0 amide bonds. The van der Waals surface area contributed by atoms with Gasteiger partial charge < -0.3 is 13.9 Å². The largest absolute Gasteiger partial charge is 0.456 e. The molecule has 0 atom stereocenters. The van der Waals surface area contributed by atoms with Crippen molar-refractivity contribution in [2.45, 2.75) is 25.7 Å². The first kappa shape index (κ1) is 33.7. The molecule has 0 saturated heterocycles.